The molecule has 0 fully saturated rings. The van der Waals surface area contributed by atoms with E-state index in [1.807, 2.05) is 0 Å². The van der Waals surface area contributed by atoms with E-state index in [1.165, 1.54) is 77.0 Å². The maximum Gasteiger partial charge on any atom is 0.472 e. The number of aliphatic hydroxyl groups excluding tert-OH is 1. The molecule has 0 heterocycles. The first-order chi connectivity index (χ1) is 28.6. The number of phosphoric ester groups is 1. The number of rotatable bonds is 43. The first kappa shape index (κ1) is 56.4. The quantitative estimate of drug-likeness (QED) is 0.0200. The summed E-state index contributed by atoms with van der Waals surface area (Å²) in [7, 11) is -4.76. The van der Waals surface area contributed by atoms with Gasteiger partial charge in [-0.3, -0.25) is 18.6 Å². The maximum atomic E-state index is 12.3. The van der Waals surface area contributed by atoms with E-state index in [0.717, 1.165) is 83.5 Å². The van der Waals surface area contributed by atoms with E-state index in [1.54, 1.807) is 0 Å². The highest BCUT2D eigenvalue weighted by molar-refractivity contribution is 7.47. The van der Waals surface area contributed by atoms with Crippen LogP contribution in [-0.4, -0.2) is 64.9 Å². The molecule has 12 heteroatoms. The molecule has 0 radical (unpaired) electrons. The summed E-state index contributed by atoms with van der Waals surface area (Å²) < 4.78 is 26.8. The molecule has 4 N–H and O–H groups in total. The molecule has 11 nitrogen and oxygen atoms in total. The number of amides is 1. The zero-order chi connectivity index (χ0) is 43.5. The number of aliphatic carboxylic acids is 1. The summed E-state index contributed by atoms with van der Waals surface area (Å²) in [5, 5.41) is 21.8. The second-order valence-corrected chi connectivity index (χ2v) is 17.0. The number of carbonyl (C=O) groups is 3. The fourth-order valence-corrected chi connectivity index (χ4v) is 6.97. The van der Waals surface area contributed by atoms with E-state index >= 15 is 0 Å². The number of carbonyl (C=O) groups excluding carboxylic acids is 2. The number of hydrogen-bond acceptors (Lipinski definition) is 8. The fourth-order valence-electron chi connectivity index (χ4n) is 6.20. The van der Waals surface area contributed by atoms with Gasteiger partial charge in [0.2, 0.25) is 5.91 Å². The Morgan fingerprint density at radius 2 is 0.932 bits per heavy atom. The fraction of sp³-hybridized carbons (Fsp3) is 0.766. The van der Waals surface area contributed by atoms with E-state index in [0.29, 0.717) is 12.8 Å². The van der Waals surface area contributed by atoms with Crippen molar-refractivity contribution in [3.05, 3.63) is 48.6 Å². The number of phosphoric acid groups is 1. The largest absolute Gasteiger partial charge is 0.480 e. The minimum atomic E-state index is -4.76. The lowest BCUT2D eigenvalue weighted by Crippen LogP contribution is -2.43. The lowest BCUT2D eigenvalue weighted by atomic mass is 10.1. The van der Waals surface area contributed by atoms with Crippen molar-refractivity contribution >= 4 is 25.7 Å². The number of aliphatic hydroxyl groups is 1. The van der Waals surface area contributed by atoms with Gasteiger partial charge in [-0.15, -0.1) is 0 Å². The predicted molar refractivity (Wildman–Crippen MR) is 240 cm³/mol. The van der Waals surface area contributed by atoms with Crippen molar-refractivity contribution in [3.8, 4) is 0 Å². The number of ether oxygens (including phenoxy) is 1. The van der Waals surface area contributed by atoms with Crippen LogP contribution in [0.5, 0.6) is 0 Å². The number of carboxylic acids is 1. The molecule has 1 amide bonds. The third kappa shape index (κ3) is 41.9. The van der Waals surface area contributed by atoms with Crippen LogP contribution in [0.25, 0.3) is 0 Å². The Hall–Kier alpha value is -2.56. The second-order valence-electron chi connectivity index (χ2n) is 15.6. The lowest BCUT2D eigenvalue weighted by Gasteiger charge is -2.18. The molecule has 59 heavy (non-hydrogen) atoms. The Morgan fingerprint density at radius 3 is 1.44 bits per heavy atom. The number of carboxylic acid groups (broad SMARTS) is 1. The standard InChI is InChI=1S/C47H84NO10P/c1-3-5-7-9-11-13-15-17-19-20-21-22-23-24-25-26-28-30-32-34-36-38-45(50)48-44(47(52)53)42-58-59(54,55)57-41-43(49)40-56-46(51)39-37-35-33-31-29-27-18-16-14-12-10-8-6-4-2/h11,13,16-19,21-22,43-44,49H,3-10,12,14-15,20,23-42H2,1-2H3,(H,48,50)(H,52,53)(H,54,55)/b13-11-,18-16-,19-17-,22-21-. The van der Waals surface area contributed by atoms with Crippen molar-refractivity contribution in [1.29, 1.82) is 0 Å². The van der Waals surface area contributed by atoms with Crippen LogP contribution in [-0.2, 0) is 32.7 Å². The predicted octanol–water partition coefficient (Wildman–Crippen LogP) is 12.2. The molecule has 0 aliphatic heterocycles. The molecule has 0 aliphatic carbocycles. The highest BCUT2D eigenvalue weighted by Gasteiger charge is 2.28. The third-order valence-electron chi connectivity index (χ3n) is 9.84. The van der Waals surface area contributed by atoms with Crippen LogP contribution in [0, 0.1) is 0 Å². The molecule has 0 aromatic rings. The molecule has 0 saturated carbocycles. The molecule has 0 rings (SSSR count). The Balaban J connectivity index is 3.91. The van der Waals surface area contributed by atoms with E-state index < -0.39 is 57.6 Å². The Kier molecular flexibility index (Phi) is 40.3. The summed E-state index contributed by atoms with van der Waals surface area (Å²) in [6.45, 7) is 2.55. The first-order valence-electron chi connectivity index (χ1n) is 23.2. The molecule has 342 valence electrons. The molecular formula is C47H84NO10P. The average molecular weight is 854 g/mol. The highest BCUT2D eigenvalue weighted by atomic mass is 31.2. The molecule has 0 aromatic heterocycles. The van der Waals surface area contributed by atoms with E-state index in [9.17, 15) is 34.1 Å². The van der Waals surface area contributed by atoms with Crippen LogP contribution in [0.1, 0.15) is 200 Å². The topological polar surface area (TPSA) is 169 Å². The van der Waals surface area contributed by atoms with Crippen molar-refractivity contribution < 1.29 is 47.8 Å². The molecule has 0 bridgehead atoms. The second kappa shape index (κ2) is 42.1. The normalized spacial score (nSPS) is 14.1. The van der Waals surface area contributed by atoms with Gasteiger partial charge in [0.15, 0.2) is 6.04 Å². The average Bonchev–Trinajstić information content (AvgIpc) is 3.21. The number of allylic oxidation sites excluding steroid dienone is 8. The van der Waals surface area contributed by atoms with Crippen LogP contribution < -0.4 is 5.32 Å². The van der Waals surface area contributed by atoms with Gasteiger partial charge in [-0.05, 0) is 77.0 Å². The van der Waals surface area contributed by atoms with Gasteiger partial charge >= 0.3 is 19.8 Å². The third-order valence-corrected chi connectivity index (χ3v) is 10.8. The number of esters is 1. The van der Waals surface area contributed by atoms with Crippen molar-refractivity contribution in [3.63, 3.8) is 0 Å². The highest BCUT2D eigenvalue weighted by Crippen LogP contribution is 2.43. The minimum absolute atomic E-state index is 0.135. The monoisotopic (exact) mass is 854 g/mol. The lowest BCUT2D eigenvalue weighted by molar-refractivity contribution is -0.147. The molecule has 3 unspecified atom stereocenters. The molecule has 0 aromatic carbocycles. The zero-order valence-corrected chi connectivity index (χ0v) is 37.9. The summed E-state index contributed by atoms with van der Waals surface area (Å²) in [5.74, 6) is -2.39. The van der Waals surface area contributed by atoms with Crippen LogP contribution in [0.4, 0.5) is 0 Å². The number of hydrogen-bond donors (Lipinski definition) is 4. The van der Waals surface area contributed by atoms with Gasteiger partial charge in [0, 0.05) is 12.8 Å². The Bertz CT molecular complexity index is 1190. The van der Waals surface area contributed by atoms with Gasteiger partial charge in [0.1, 0.15) is 12.7 Å². The van der Waals surface area contributed by atoms with E-state index in [-0.39, 0.29) is 12.8 Å². The molecule has 0 aliphatic rings. The number of nitrogens with one attached hydrogen (secondary N) is 1. The van der Waals surface area contributed by atoms with Gasteiger partial charge < -0.3 is 25.2 Å². The molecule has 3 atom stereocenters. The summed E-state index contributed by atoms with van der Waals surface area (Å²) in [6, 6.07) is -1.55. The van der Waals surface area contributed by atoms with E-state index in [2.05, 4.69) is 67.8 Å². The molecular weight excluding hydrogens is 769 g/mol. The van der Waals surface area contributed by atoms with Crippen molar-refractivity contribution in [1.82, 2.24) is 5.32 Å². The van der Waals surface area contributed by atoms with Gasteiger partial charge in [-0.2, -0.15) is 0 Å². The van der Waals surface area contributed by atoms with Crippen LogP contribution in [0.3, 0.4) is 0 Å². The van der Waals surface area contributed by atoms with Crippen LogP contribution in [0.15, 0.2) is 48.6 Å². The van der Waals surface area contributed by atoms with Gasteiger partial charge in [-0.25, -0.2) is 9.36 Å². The van der Waals surface area contributed by atoms with Crippen molar-refractivity contribution in [2.45, 2.75) is 212 Å². The van der Waals surface area contributed by atoms with E-state index in [4.69, 9.17) is 13.8 Å². The first-order valence-corrected chi connectivity index (χ1v) is 24.7. The van der Waals surface area contributed by atoms with Gasteiger partial charge in [-0.1, -0.05) is 159 Å². The van der Waals surface area contributed by atoms with Crippen LogP contribution >= 0.6 is 7.82 Å². The smallest absolute Gasteiger partial charge is 0.472 e. The summed E-state index contributed by atoms with van der Waals surface area (Å²) in [5.41, 5.74) is 0. The van der Waals surface area contributed by atoms with Gasteiger partial charge in [0.05, 0.1) is 13.2 Å². The Labute approximate surface area is 358 Å². The Morgan fingerprint density at radius 1 is 0.542 bits per heavy atom. The van der Waals surface area contributed by atoms with Crippen molar-refractivity contribution in [2.75, 3.05) is 19.8 Å². The maximum absolute atomic E-state index is 12.3. The summed E-state index contributed by atoms with van der Waals surface area (Å²) in [4.78, 5) is 46.0. The molecule has 0 spiro atoms. The van der Waals surface area contributed by atoms with Gasteiger partial charge in [0.25, 0.3) is 0 Å². The SMILES string of the molecule is CCCCC/C=C\C/C=C\C/C=C\CCCCCCCCCCC(=O)NC(COP(=O)(O)OCC(O)COC(=O)CCCCCCC/C=C\CCCCCCC)C(=O)O. The van der Waals surface area contributed by atoms with Crippen LogP contribution in [0.2, 0.25) is 0 Å². The molecule has 0 saturated heterocycles. The summed E-state index contributed by atoms with van der Waals surface area (Å²) >= 11 is 0. The number of unbranched alkanes of at least 4 members (excludes halogenated alkanes) is 21. The minimum Gasteiger partial charge on any atom is -0.480 e. The summed E-state index contributed by atoms with van der Waals surface area (Å²) in [6.07, 6.45) is 47.0. The van der Waals surface area contributed by atoms with Crippen molar-refractivity contribution in [2.24, 2.45) is 0 Å². The zero-order valence-electron chi connectivity index (χ0n) is 37.0.